The van der Waals surface area contributed by atoms with Crippen LogP contribution in [0.15, 0.2) is 42.5 Å². The van der Waals surface area contributed by atoms with Crippen molar-refractivity contribution in [2.75, 3.05) is 13.1 Å². The van der Waals surface area contributed by atoms with Crippen LogP contribution in [0.25, 0.3) is 0 Å². The Morgan fingerprint density at radius 1 is 1.07 bits per heavy atom. The maximum absolute atomic E-state index is 13.1. The van der Waals surface area contributed by atoms with Gasteiger partial charge in [0.15, 0.2) is 0 Å². The minimum Gasteiger partial charge on any atom is -0.352 e. The molecule has 1 atom stereocenters. The van der Waals surface area contributed by atoms with Gasteiger partial charge in [-0.15, -0.1) is 0 Å². The summed E-state index contributed by atoms with van der Waals surface area (Å²) in [6.07, 6.45) is 3.93. The zero-order valence-corrected chi connectivity index (χ0v) is 17.0. The molecule has 1 unspecified atom stereocenters. The summed E-state index contributed by atoms with van der Waals surface area (Å²) in [6.45, 7) is 7.42. The van der Waals surface area contributed by atoms with Gasteiger partial charge in [0.25, 0.3) is 0 Å². The fourth-order valence-electron chi connectivity index (χ4n) is 4.00. The molecule has 2 aromatic rings. The Hall–Kier alpha value is -2.20. The van der Waals surface area contributed by atoms with E-state index in [4.69, 9.17) is 0 Å². The molecule has 1 aliphatic rings. The Morgan fingerprint density at radius 2 is 1.82 bits per heavy atom. The molecular formula is C24H31FN2O. The van der Waals surface area contributed by atoms with Crippen LogP contribution in [0.2, 0.25) is 0 Å². The van der Waals surface area contributed by atoms with E-state index >= 15 is 0 Å². The second-order valence-electron chi connectivity index (χ2n) is 7.73. The summed E-state index contributed by atoms with van der Waals surface area (Å²) in [7, 11) is 0. The van der Waals surface area contributed by atoms with Crippen molar-refractivity contribution in [3.63, 3.8) is 0 Å². The van der Waals surface area contributed by atoms with Crippen LogP contribution in [-0.2, 0) is 30.7 Å². The zero-order valence-electron chi connectivity index (χ0n) is 17.0. The van der Waals surface area contributed by atoms with Crippen LogP contribution in [0.1, 0.15) is 48.9 Å². The summed E-state index contributed by atoms with van der Waals surface area (Å²) in [5, 5.41) is 3.17. The van der Waals surface area contributed by atoms with Gasteiger partial charge in [0.05, 0.1) is 5.92 Å². The molecule has 1 aliphatic heterocycles. The smallest absolute Gasteiger partial charge is 0.224 e. The second kappa shape index (κ2) is 9.83. The van der Waals surface area contributed by atoms with E-state index in [-0.39, 0.29) is 17.6 Å². The van der Waals surface area contributed by atoms with E-state index in [2.05, 4.69) is 42.3 Å². The number of piperidine rings is 1. The first-order chi connectivity index (χ1) is 13.6. The maximum atomic E-state index is 13.1. The van der Waals surface area contributed by atoms with Gasteiger partial charge in [-0.25, -0.2) is 4.39 Å². The molecule has 0 saturated carbocycles. The third-order valence-corrected chi connectivity index (χ3v) is 5.71. The van der Waals surface area contributed by atoms with Gasteiger partial charge in [-0.2, -0.15) is 0 Å². The number of nitrogens with one attached hydrogen (secondary N) is 1. The number of hydrogen-bond donors (Lipinski definition) is 1. The highest BCUT2D eigenvalue weighted by Crippen LogP contribution is 2.20. The predicted molar refractivity (Wildman–Crippen MR) is 111 cm³/mol. The van der Waals surface area contributed by atoms with Gasteiger partial charge in [-0.05, 0) is 66.6 Å². The monoisotopic (exact) mass is 382 g/mol. The fraction of sp³-hybridized carbons (Fsp3) is 0.458. The van der Waals surface area contributed by atoms with Crippen molar-refractivity contribution >= 4 is 5.91 Å². The highest BCUT2D eigenvalue weighted by Gasteiger charge is 2.25. The highest BCUT2D eigenvalue weighted by atomic mass is 19.1. The number of nitrogens with zero attached hydrogens (tertiary/aromatic N) is 1. The molecule has 3 nitrogen and oxygen atoms in total. The van der Waals surface area contributed by atoms with E-state index in [1.807, 2.05) is 12.1 Å². The summed E-state index contributed by atoms with van der Waals surface area (Å²) in [5.41, 5.74) is 4.93. The minimum atomic E-state index is -0.210. The molecule has 4 heteroatoms. The Bertz CT molecular complexity index is 788. The number of carbonyl (C=O) groups is 1. The molecule has 0 spiro atoms. The molecule has 0 aromatic heterocycles. The first-order valence-corrected chi connectivity index (χ1v) is 10.4. The molecule has 0 aliphatic carbocycles. The lowest BCUT2D eigenvalue weighted by atomic mass is 9.96. The van der Waals surface area contributed by atoms with E-state index in [0.717, 1.165) is 50.9 Å². The fourth-order valence-corrected chi connectivity index (χ4v) is 4.00. The number of benzene rings is 2. The van der Waals surface area contributed by atoms with Gasteiger partial charge in [-0.1, -0.05) is 44.2 Å². The van der Waals surface area contributed by atoms with Crippen molar-refractivity contribution in [2.45, 2.75) is 52.6 Å². The van der Waals surface area contributed by atoms with E-state index < -0.39 is 0 Å². The minimum absolute atomic E-state index is 0.0219. The van der Waals surface area contributed by atoms with Crippen molar-refractivity contribution in [3.05, 3.63) is 70.5 Å². The van der Waals surface area contributed by atoms with E-state index in [0.29, 0.717) is 6.54 Å². The molecule has 3 rings (SSSR count). The van der Waals surface area contributed by atoms with Gasteiger partial charge in [0.1, 0.15) is 5.82 Å². The normalized spacial score (nSPS) is 17.5. The molecule has 0 bridgehead atoms. The van der Waals surface area contributed by atoms with Crippen LogP contribution in [0, 0.1) is 11.7 Å². The lowest BCUT2D eigenvalue weighted by Gasteiger charge is -2.32. The van der Waals surface area contributed by atoms with Crippen LogP contribution in [0.5, 0.6) is 0 Å². The Labute approximate surface area is 167 Å². The van der Waals surface area contributed by atoms with Gasteiger partial charge < -0.3 is 5.32 Å². The standard InChI is InChI=1S/C24H31FN2O/c1-3-18-7-10-20(4-2)22(14-18)15-26-24(28)21-6-5-13-27(17-21)16-19-8-11-23(25)12-9-19/h7-12,14,21H,3-6,13,15-17H2,1-2H3,(H,26,28). The summed E-state index contributed by atoms with van der Waals surface area (Å²) in [5.74, 6) is -0.0420. The quantitative estimate of drug-likeness (QED) is 0.766. The predicted octanol–water partition coefficient (Wildman–Crippen LogP) is 4.48. The summed E-state index contributed by atoms with van der Waals surface area (Å²) in [6, 6.07) is 13.2. The number of hydrogen-bond acceptors (Lipinski definition) is 2. The Balaban J connectivity index is 1.56. The topological polar surface area (TPSA) is 32.3 Å². The second-order valence-corrected chi connectivity index (χ2v) is 7.73. The summed E-state index contributed by atoms with van der Waals surface area (Å²) < 4.78 is 13.1. The summed E-state index contributed by atoms with van der Waals surface area (Å²) >= 11 is 0. The highest BCUT2D eigenvalue weighted by molar-refractivity contribution is 5.79. The number of aryl methyl sites for hydroxylation is 2. The van der Waals surface area contributed by atoms with Gasteiger partial charge in [0.2, 0.25) is 5.91 Å². The molecule has 0 radical (unpaired) electrons. The Morgan fingerprint density at radius 3 is 2.54 bits per heavy atom. The van der Waals surface area contributed by atoms with Crippen molar-refractivity contribution < 1.29 is 9.18 Å². The van der Waals surface area contributed by atoms with Crippen molar-refractivity contribution in [2.24, 2.45) is 5.92 Å². The molecule has 1 heterocycles. The number of halogens is 1. The average molecular weight is 383 g/mol. The van der Waals surface area contributed by atoms with E-state index in [1.165, 1.54) is 28.8 Å². The van der Waals surface area contributed by atoms with Gasteiger partial charge in [0, 0.05) is 19.6 Å². The molecule has 28 heavy (non-hydrogen) atoms. The largest absolute Gasteiger partial charge is 0.352 e. The first-order valence-electron chi connectivity index (χ1n) is 10.4. The number of rotatable bonds is 7. The zero-order chi connectivity index (χ0) is 19.9. The van der Waals surface area contributed by atoms with Crippen LogP contribution >= 0.6 is 0 Å². The molecule has 1 amide bonds. The Kier molecular flexibility index (Phi) is 7.21. The average Bonchev–Trinajstić information content (AvgIpc) is 2.73. The third-order valence-electron chi connectivity index (χ3n) is 5.71. The van der Waals surface area contributed by atoms with E-state index in [9.17, 15) is 9.18 Å². The van der Waals surface area contributed by atoms with Crippen molar-refractivity contribution in [1.29, 1.82) is 0 Å². The third kappa shape index (κ3) is 5.41. The number of likely N-dealkylation sites (tertiary alicyclic amines) is 1. The molecule has 150 valence electrons. The SMILES string of the molecule is CCc1ccc(CC)c(CNC(=O)C2CCCN(Cc3ccc(F)cc3)C2)c1. The number of amides is 1. The first kappa shape index (κ1) is 20.5. The molecular weight excluding hydrogens is 351 g/mol. The lowest BCUT2D eigenvalue weighted by Crippen LogP contribution is -2.42. The van der Waals surface area contributed by atoms with Gasteiger partial charge >= 0.3 is 0 Å². The van der Waals surface area contributed by atoms with Crippen molar-refractivity contribution in [3.8, 4) is 0 Å². The van der Waals surface area contributed by atoms with E-state index in [1.54, 1.807) is 0 Å². The molecule has 1 saturated heterocycles. The maximum Gasteiger partial charge on any atom is 0.224 e. The summed E-state index contributed by atoms with van der Waals surface area (Å²) in [4.78, 5) is 15.1. The number of carbonyl (C=O) groups excluding carboxylic acids is 1. The van der Waals surface area contributed by atoms with Crippen LogP contribution in [-0.4, -0.2) is 23.9 Å². The van der Waals surface area contributed by atoms with Crippen LogP contribution in [0.3, 0.4) is 0 Å². The van der Waals surface area contributed by atoms with Crippen LogP contribution in [0.4, 0.5) is 4.39 Å². The molecule has 1 N–H and O–H groups in total. The molecule has 2 aromatic carbocycles. The molecule has 1 fully saturated rings. The van der Waals surface area contributed by atoms with Crippen molar-refractivity contribution in [1.82, 2.24) is 10.2 Å². The van der Waals surface area contributed by atoms with Gasteiger partial charge in [-0.3, -0.25) is 9.69 Å². The van der Waals surface area contributed by atoms with Crippen LogP contribution < -0.4 is 5.32 Å². The lowest BCUT2D eigenvalue weighted by molar-refractivity contribution is -0.126.